The molecule has 0 aromatic heterocycles. The number of methoxy groups -OCH3 is 1. The number of ether oxygens (including phenoxy) is 1. The van der Waals surface area contributed by atoms with Crippen LogP contribution < -0.4 is 4.74 Å². The van der Waals surface area contributed by atoms with E-state index in [0.29, 0.717) is 0 Å². The minimum absolute atomic E-state index is 0.746. The van der Waals surface area contributed by atoms with Gasteiger partial charge in [0.2, 0.25) is 0 Å². The zero-order chi connectivity index (χ0) is 13.2. The van der Waals surface area contributed by atoms with E-state index in [0.717, 1.165) is 17.7 Å². The van der Waals surface area contributed by atoms with Crippen molar-refractivity contribution in [2.45, 2.75) is 51.0 Å². The summed E-state index contributed by atoms with van der Waals surface area (Å²) < 4.78 is 5.54. The molecular formula is C17H25NO. The number of nitrogens with zero attached hydrogens (tertiary/aromatic N) is 1. The Labute approximate surface area is 116 Å². The van der Waals surface area contributed by atoms with Crippen molar-refractivity contribution in [1.29, 1.82) is 0 Å². The SMILES string of the molecule is CCCCN1CC[C@H]2c3cccc(OC)c3CC[C@H]21. The number of fused-ring (bicyclic) bond motifs is 3. The Morgan fingerprint density at radius 1 is 1.32 bits per heavy atom. The van der Waals surface area contributed by atoms with Crippen molar-refractivity contribution >= 4 is 0 Å². The van der Waals surface area contributed by atoms with Crippen LogP contribution in [0.4, 0.5) is 0 Å². The maximum Gasteiger partial charge on any atom is 0.122 e. The molecule has 0 radical (unpaired) electrons. The van der Waals surface area contributed by atoms with Gasteiger partial charge in [0.05, 0.1) is 7.11 Å². The van der Waals surface area contributed by atoms with Crippen LogP contribution in [0.25, 0.3) is 0 Å². The first-order chi connectivity index (χ1) is 9.35. The molecular weight excluding hydrogens is 234 g/mol. The van der Waals surface area contributed by atoms with Crippen molar-refractivity contribution in [3.05, 3.63) is 29.3 Å². The monoisotopic (exact) mass is 259 g/mol. The molecule has 1 heterocycles. The van der Waals surface area contributed by atoms with E-state index in [4.69, 9.17) is 4.74 Å². The molecule has 0 saturated carbocycles. The average molecular weight is 259 g/mol. The number of benzene rings is 1. The zero-order valence-corrected chi connectivity index (χ0v) is 12.2. The van der Waals surface area contributed by atoms with Gasteiger partial charge >= 0.3 is 0 Å². The minimum atomic E-state index is 0.746. The van der Waals surface area contributed by atoms with Gasteiger partial charge in [-0.15, -0.1) is 0 Å². The predicted octanol–water partition coefficient (Wildman–Crippen LogP) is 3.60. The second-order valence-electron chi connectivity index (χ2n) is 5.92. The van der Waals surface area contributed by atoms with Gasteiger partial charge in [-0.25, -0.2) is 0 Å². The molecule has 2 aliphatic rings. The van der Waals surface area contributed by atoms with Gasteiger partial charge in [0.1, 0.15) is 5.75 Å². The third-order valence-electron chi connectivity index (χ3n) is 4.94. The van der Waals surface area contributed by atoms with Crippen molar-refractivity contribution in [3.63, 3.8) is 0 Å². The number of rotatable bonds is 4. The van der Waals surface area contributed by atoms with E-state index in [-0.39, 0.29) is 0 Å². The Kier molecular flexibility index (Phi) is 3.79. The summed E-state index contributed by atoms with van der Waals surface area (Å²) in [6.07, 6.45) is 6.46. The summed E-state index contributed by atoms with van der Waals surface area (Å²) in [5.41, 5.74) is 3.04. The summed E-state index contributed by atoms with van der Waals surface area (Å²) in [6, 6.07) is 7.39. The second kappa shape index (κ2) is 5.54. The topological polar surface area (TPSA) is 12.5 Å². The van der Waals surface area contributed by atoms with Crippen LogP contribution in [-0.4, -0.2) is 31.1 Å². The van der Waals surface area contributed by atoms with Gasteiger partial charge in [0, 0.05) is 12.0 Å². The van der Waals surface area contributed by atoms with Crippen molar-refractivity contribution in [1.82, 2.24) is 4.90 Å². The van der Waals surface area contributed by atoms with Crippen molar-refractivity contribution < 1.29 is 4.74 Å². The highest BCUT2D eigenvalue weighted by molar-refractivity contribution is 5.45. The molecule has 0 N–H and O–H groups in total. The number of hydrogen-bond donors (Lipinski definition) is 0. The van der Waals surface area contributed by atoms with Gasteiger partial charge in [-0.05, 0) is 56.0 Å². The molecule has 0 unspecified atom stereocenters. The number of unbranched alkanes of at least 4 members (excludes halogenated alkanes) is 1. The zero-order valence-electron chi connectivity index (χ0n) is 12.2. The van der Waals surface area contributed by atoms with Crippen LogP contribution in [-0.2, 0) is 6.42 Å². The summed E-state index contributed by atoms with van der Waals surface area (Å²) >= 11 is 0. The Balaban J connectivity index is 1.83. The maximum absolute atomic E-state index is 5.54. The molecule has 0 spiro atoms. The summed E-state index contributed by atoms with van der Waals surface area (Å²) in [5, 5.41) is 0. The quantitative estimate of drug-likeness (QED) is 0.819. The minimum Gasteiger partial charge on any atom is -0.496 e. The summed E-state index contributed by atoms with van der Waals surface area (Å²) in [6.45, 7) is 4.86. The second-order valence-corrected chi connectivity index (χ2v) is 5.92. The van der Waals surface area contributed by atoms with Gasteiger partial charge in [0.15, 0.2) is 0 Å². The van der Waals surface area contributed by atoms with Gasteiger partial charge in [-0.3, -0.25) is 4.90 Å². The average Bonchev–Trinajstić information content (AvgIpc) is 2.87. The molecule has 2 heteroatoms. The largest absolute Gasteiger partial charge is 0.496 e. The molecule has 3 rings (SSSR count). The summed E-state index contributed by atoms with van der Waals surface area (Å²) in [7, 11) is 1.80. The first kappa shape index (κ1) is 13.0. The van der Waals surface area contributed by atoms with Gasteiger partial charge in [-0.1, -0.05) is 25.5 Å². The van der Waals surface area contributed by atoms with Crippen LogP contribution in [0.15, 0.2) is 18.2 Å². The molecule has 2 nitrogen and oxygen atoms in total. The molecule has 0 amide bonds. The van der Waals surface area contributed by atoms with Crippen molar-refractivity contribution in [2.24, 2.45) is 0 Å². The van der Waals surface area contributed by atoms with Crippen LogP contribution in [0.3, 0.4) is 0 Å². The number of likely N-dealkylation sites (tertiary alicyclic amines) is 1. The molecule has 2 atom stereocenters. The predicted molar refractivity (Wildman–Crippen MR) is 78.9 cm³/mol. The van der Waals surface area contributed by atoms with E-state index in [1.807, 2.05) is 0 Å². The molecule has 1 fully saturated rings. The molecule has 1 saturated heterocycles. The molecule has 1 aliphatic heterocycles. The van der Waals surface area contributed by atoms with E-state index in [1.54, 1.807) is 12.7 Å². The highest BCUT2D eigenvalue weighted by atomic mass is 16.5. The third kappa shape index (κ3) is 2.27. The first-order valence-corrected chi connectivity index (χ1v) is 7.75. The molecule has 19 heavy (non-hydrogen) atoms. The van der Waals surface area contributed by atoms with Gasteiger partial charge in [0.25, 0.3) is 0 Å². The Morgan fingerprint density at radius 3 is 3.00 bits per heavy atom. The summed E-state index contributed by atoms with van der Waals surface area (Å²) in [5.74, 6) is 1.85. The van der Waals surface area contributed by atoms with Gasteiger partial charge in [-0.2, -0.15) is 0 Å². The van der Waals surface area contributed by atoms with E-state index in [1.165, 1.54) is 50.8 Å². The van der Waals surface area contributed by atoms with Crippen molar-refractivity contribution in [2.75, 3.05) is 20.2 Å². The molecule has 1 aromatic rings. The fourth-order valence-corrected chi connectivity index (χ4v) is 3.98. The van der Waals surface area contributed by atoms with Crippen LogP contribution in [0.1, 0.15) is 49.7 Å². The van der Waals surface area contributed by atoms with Crippen LogP contribution >= 0.6 is 0 Å². The number of hydrogen-bond acceptors (Lipinski definition) is 2. The normalized spacial score (nSPS) is 26.0. The van der Waals surface area contributed by atoms with E-state index < -0.39 is 0 Å². The Morgan fingerprint density at radius 2 is 2.21 bits per heavy atom. The highest BCUT2D eigenvalue weighted by Gasteiger charge is 2.38. The standard InChI is InChI=1S/C17H25NO/c1-3-4-11-18-12-10-14-13-6-5-7-17(19-2)15(13)8-9-16(14)18/h5-7,14,16H,3-4,8-12H2,1-2H3/t14-,16+/m0/s1. The molecule has 1 aromatic carbocycles. The van der Waals surface area contributed by atoms with Crippen LogP contribution in [0.5, 0.6) is 5.75 Å². The lowest BCUT2D eigenvalue weighted by atomic mass is 9.79. The lowest BCUT2D eigenvalue weighted by Gasteiger charge is -2.34. The Hall–Kier alpha value is -1.02. The molecule has 0 bridgehead atoms. The lowest BCUT2D eigenvalue weighted by molar-refractivity contribution is 0.223. The van der Waals surface area contributed by atoms with Crippen molar-refractivity contribution in [3.8, 4) is 5.75 Å². The van der Waals surface area contributed by atoms with E-state index in [2.05, 4.69) is 30.0 Å². The Bertz CT molecular complexity index is 443. The van der Waals surface area contributed by atoms with Crippen LogP contribution in [0.2, 0.25) is 0 Å². The molecule has 1 aliphatic carbocycles. The lowest BCUT2D eigenvalue weighted by Crippen LogP contribution is -2.35. The van der Waals surface area contributed by atoms with Gasteiger partial charge < -0.3 is 4.74 Å². The first-order valence-electron chi connectivity index (χ1n) is 7.75. The summed E-state index contributed by atoms with van der Waals surface area (Å²) in [4.78, 5) is 2.73. The maximum atomic E-state index is 5.54. The molecule has 104 valence electrons. The highest BCUT2D eigenvalue weighted by Crippen LogP contribution is 2.44. The fourth-order valence-electron chi connectivity index (χ4n) is 3.98. The van der Waals surface area contributed by atoms with Crippen LogP contribution in [0, 0.1) is 0 Å². The van der Waals surface area contributed by atoms with E-state index >= 15 is 0 Å². The third-order valence-corrected chi connectivity index (χ3v) is 4.94. The smallest absolute Gasteiger partial charge is 0.122 e. The van der Waals surface area contributed by atoms with E-state index in [9.17, 15) is 0 Å². The fraction of sp³-hybridized carbons (Fsp3) is 0.647.